The first-order valence-corrected chi connectivity index (χ1v) is 6.23. The summed E-state index contributed by atoms with van der Waals surface area (Å²) < 4.78 is 13.0. The molecule has 4 nitrogen and oxygen atoms in total. The summed E-state index contributed by atoms with van der Waals surface area (Å²) in [5, 5.41) is 6.43. The molecule has 0 aliphatic heterocycles. The van der Waals surface area contributed by atoms with Crippen molar-refractivity contribution in [1.82, 2.24) is 9.97 Å². The van der Waals surface area contributed by atoms with E-state index in [-0.39, 0.29) is 5.02 Å². The molecule has 0 amide bonds. The van der Waals surface area contributed by atoms with E-state index in [2.05, 4.69) is 20.6 Å². The van der Waals surface area contributed by atoms with Crippen LogP contribution in [0, 0.1) is 5.82 Å². The largest absolute Gasteiger partial charge is 0.383 e. The minimum atomic E-state index is -0.439. The van der Waals surface area contributed by atoms with Crippen molar-refractivity contribution < 1.29 is 4.39 Å². The van der Waals surface area contributed by atoms with Crippen LogP contribution in [-0.2, 0) is 6.54 Å². The van der Waals surface area contributed by atoms with Crippen molar-refractivity contribution in [2.75, 3.05) is 17.7 Å². The Morgan fingerprint density at radius 1 is 1.26 bits per heavy atom. The first kappa shape index (κ1) is 13.8. The molecule has 0 spiro atoms. The Bertz CT molecular complexity index is 592. The molecule has 0 radical (unpaired) electrons. The molecule has 0 saturated heterocycles. The maximum absolute atomic E-state index is 13.0. The first-order chi connectivity index (χ1) is 9.11. The number of nitrogens with one attached hydrogen (secondary N) is 2. The summed E-state index contributed by atoms with van der Waals surface area (Å²) in [6.07, 6.45) is 1.36. The average molecular weight is 301 g/mol. The number of hydrogen-bond acceptors (Lipinski definition) is 4. The predicted molar refractivity (Wildman–Crippen MR) is 75.3 cm³/mol. The van der Waals surface area contributed by atoms with Gasteiger partial charge in [0.25, 0.3) is 0 Å². The van der Waals surface area contributed by atoms with Crippen LogP contribution in [-0.4, -0.2) is 17.0 Å². The van der Waals surface area contributed by atoms with Gasteiger partial charge in [-0.1, -0.05) is 29.3 Å². The second-order valence-corrected chi connectivity index (χ2v) is 4.51. The lowest BCUT2D eigenvalue weighted by molar-refractivity contribution is 0.627. The number of aromatic nitrogens is 2. The third-order valence-corrected chi connectivity index (χ3v) is 3.07. The SMILES string of the molecule is CNc1c(Cl)ncnc1NCc1ccc(F)c(Cl)c1. The highest BCUT2D eigenvalue weighted by Gasteiger charge is 2.08. The molecule has 0 unspecified atom stereocenters. The van der Waals surface area contributed by atoms with Crippen LogP contribution in [0.4, 0.5) is 15.9 Å². The molecule has 1 heterocycles. The number of rotatable bonds is 4. The lowest BCUT2D eigenvalue weighted by Gasteiger charge is -2.11. The molecule has 100 valence electrons. The highest BCUT2D eigenvalue weighted by Crippen LogP contribution is 2.26. The topological polar surface area (TPSA) is 49.8 Å². The Labute approximate surface area is 120 Å². The molecule has 0 aliphatic rings. The number of hydrogen-bond donors (Lipinski definition) is 2. The minimum Gasteiger partial charge on any atom is -0.383 e. The molecule has 19 heavy (non-hydrogen) atoms. The number of halogens is 3. The normalized spacial score (nSPS) is 10.3. The zero-order chi connectivity index (χ0) is 13.8. The van der Waals surface area contributed by atoms with Crippen LogP contribution in [0.5, 0.6) is 0 Å². The van der Waals surface area contributed by atoms with Crippen LogP contribution >= 0.6 is 23.2 Å². The van der Waals surface area contributed by atoms with Gasteiger partial charge in [-0.15, -0.1) is 0 Å². The van der Waals surface area contributed by atoms with Crippen LogP contribution in [0.25, 0.3) is 0 Å². The summed E-state index contributed by atoms with van der Waals surface area (Å²) in [4.78, 5) is 7.96. The van der Waals surface area contributed by atoms with Crippen molar-refractivity contribution in [3.8, 4) is 0 Å². The molecule has 1 aromatic carbocycles. The first-order valence-electron chi connectivity index (χ1n) is 5.48. The summed E-state index contributed by atoms with van der Waals surface area (Å²) in [7, 11) is 1.73. The molecule has 0 saturated carbocycles. The van der Waals surface area contributed by atoms with Gasteiger partial charge >= 0.3 is 0 Å². The summed E-state index contributed by atoms with van der Waals surface area (Å²) in [6, 6.07) is 4.53. The van der Waals surface area contributed by atoms with E-state index in [1.54, 1.807) is 19.2 Å². The van der Waals surface area contributed by atoms with Crippen molar-refractivity contribution in [1.29, 1.82) is 0 Å². The van der Waals surface area contributed by atoms with E-state index in [0.29, 0.717) is 23.2 Å². The fraction of sp³-hybridized carbons (Fsp3) is 0.167. The second kappa shape index (κ2) is 6.04. The van der Waals surface area contributed by atoms with Crippen LogP contribution in [0.1, 0.15) is 5.56 Å². The summed E-state index contributed by atoms with van der Waals surface area (Å²) >= 11 is 11.7. The van der Waals surface area contributed by atoms with E-state index >= 15 is 0 Å². The maximum atomic E-state index is 13.0. The van der Waals surface area contributed by atoms with Crippen LogP contribution < -0.4 is 10.6 Å². The highest BCUT2D eigenvalue weighted by atomic mass is 35.5. The van der Waals surface area contributed by atoms with Crippen molar-refractivity contribution in [2.24, 2.45) is 0 Å². The molecule has 0 fully saturated rings. The van der Waals surface area contributed by atoms with Gasteiger partial charge in [0.1, 0.15) is 17.8 Å². The summed E-state index contributed by atoms with van der Waals surface area (Å²) in [5.41, 5.74) is 1.44. The van der Waals surface area contributed by atoms with Gasteiger partial charge in [0.2, 0.25) is 0 Å². The zero-order valence-corrected chi connectivity index (χ0v) is 11.6. The van der Waals surface area contributed by atoms with E-state index in [4.69, 9.17) is 23.2 Å². The second-order valence-electron chi connectivity index (χ2n) is 3.74. The van der Waals surface area contributed by atoms with Gasteiger partial charge in [0.15, 0.2) is 11.0 Å². The summed E-state index contributed by atoms with van der Waals surface area (Å²) in [5.74, 6) is 0.134. The van der Waals surface area contributed by atoms with Gasteiger partial charge in [-0.25, -0.2) is 14.4 Å². The molecule has 0 aliphatic carbocycles. The maximum Gasteiger partial charge on any atom is 0.157 e. The van der Waals surface area contributed by atoms with E-state index in [1.807, 2.05) is 0 Å². The van der Waals surface area contributed by atoms with Crippen LogP contribution in [0.3, 0.4) is 0 Å². The lowest BCUT2D eigenvalue weighted by atomic mass is 10.2. The molecule has 0 atom stereocenters. The number of benzene rings is 1. The molecule has 1 aromatic heterocycles. The molecule has 2 N–H and O–H groups in total. The number of anilines is 2. The fourth-order valence-electron chi connectivity index (χ4n) is 1.56. The predicted octanol–water partition coefficient (Wildman–Crippen LogP) is 3.58. The standard InChI is InChI=1S/C12H11Cl2FN4/c1-16-10-11(14)18-6-19-12(10)17-5-7-2-3-9(15)8(13)4-7/h2-4,6,16H,5H2,1H3,(H,17,18,19). The van der Waals surface area contributed by atoms with Gasteiger partial charge in [-0.2, -0.15) is 0 Å². The van der Waals surface area contributed by atoms with Gasteiger partial charge in [0, 0.05) is 13.6 Å². The monoisotopic (exact) mass is 300 g/mol. The van der Waals surface area contributed by atoms with Crippen molar-refractivity contribution in [2.45, 2.75) is 6.54 Å². The molecule has 2 aromatic rings. The van der Waals surface area contributed by atoms with Crippen LogP contribution in [0.2, 0.25) is 10.2 Å². The summed E-state index contributed by atoms with van der Waals surface area (Å²) in [6.45, 7) is 0.446. The lowest BCUT2D eigenvalue weighted by Crippen LogP contribution is -2.06. The van der Waals surface area contributed by atoms with Gasteiger partial charge in [-0.05, 0) is 17.7 Å². The Morgan fingerprint density at radius 2 is 2.05 bits per heavy atom. The third kappa shape index (κ3) is 3.24. The van der Waals surface area contributed by atoms with Crippen molar-refractivity contribution >= 4 is 34.7 Å². The van der Waals surface area contributed by atoms with E-state index in [1.165, 1.54) is 12.4 Å². The molecular formula is C12H11Cl2FN4. The molecular weight excluding hydrogens is 290 g/mol. The Morgan fingerprint density at radius 3 is 2.74 bits per heavy atom. The van der Waals surface area contributed by atoms with Crippen molar-refractivity contribution in [3.05, 3.63) is 46.1 Å². The Kier molecular flexibility index (Phi) is 4.39. The van der Waals surface area contributed by atoms with E-state index < -0.39 is 5.82 Å². The van der Waals surface area contributed by atoms with Gasteiger partial charge < -0.3 is 10.6 Å². The third-order valence-electron chi connectivity index (χ3n) is 2.49. The molecule has 2 rings (SSSR count). The van der Waals surface area contributed by atoms with E-state index in [9.17, 15) is 4.39 Å². The number of nitrogens with zero attached hydrogens (tertiary/aromatic N) is 2. The Hall–Kier alpha value is -1.59. The smallest absolute Gasteiger partial charge is 0.157 e. The molecule has 0 bridgehead atoms. The van der Waals surface area contributed by atoms with Gasteiger partial charge in [-0.3, -0.25) is 0 Å². The quantitative estimate of drug-likeness (QED) is 0.848. The van der Waals surface area contributed by atoms with Crippen LogP contribution in [0.15, 0.2) is 24.5 Å². The van der Waals surface area contributed by atoms with E-state index in [0.717, 1.165) is 5.56 Å². The highest BCUT2D eigenvalue weighted by molar-refractivity contribution is 6.32. The average Bonchev–Trinajstić information content (AvgIpc) is 2.40. The fourth-order valence-corrected chi connectivity index (χ4v) is 1.99. The Balaban J connectivity index is 2.14. The minimum absolute atomic E-state index is 0.0915. The van der Waals surface area contributed by atoms with Crippen molar-refractivity contribution in [3.63, 3.8) is 0 Å². The molecule has 7 heteroatoms. The zero-order valence-electron chi connectivity index (χ0n) is 10.0. The van der Waals surface area contributed by atoms with Gasteiger partial charge in [0.05, 0.1) is 5.02 Å².